The van der Waals surface area contributed by atoms with Crippen molar-refractivity contribution in [3.05, 3.63) is 57.6 Å². The van der Waals surface area contributed by atoms with Crippen molar-refractivity contribution in [2.24, 2.45) is 0 Å². The third-order valence-electron chi connectivity index (χ3n) is 3.93. The van der Waals surface area contributed by atoms with E-state index in [4.69, 9.17) is 9.47 Å². The molecule has 4 nitrogen and oxygen atoms in total. The van der Waals surface area contributed by atoms with Gasteiger partial charge in [-0.15, -0.1) is 0 Å². The van der Waals surface area contributed by atoms with Gasteiger partial charge in [0, 0.05) is 16.6 Å². The molecule has 2 aromatic rings. The summed E-state index contributed by atoms with van der Waals surface area (Å²) in [5.74, 6) is 1.54. The van der Waals surface area contributed by atoms with Crippen LogP contribution in [0.1, 0.15) is 23.1 Å². The molecule has 0 aliphatic heterocycles. The van der Waals surface area contributed by atoms with E-state index in [9.17, 15) is 0 Å². The lowest BCUT2D eigenvalue weighted by atomic mass is 10.1. The van der Waals surface area contributed by atoms with E-state index in [1.165, 1.54) is 5.56 Å². The summed E-state index contributed by atoms with van der Waals surface area (Å²) in [6.45, 7) is 5.28. The zero-order valence-corrected chi connectivity index (χ0v) is 16.8. The number of hydrogen-bond acceptors (Lipinski definition) is 4. The van der Waals surface area contributed by atoms with Crippen LogP contribution in [0, 0.1) is 6.92 Å². The van der Waals surface area contributed by atoms with E-state index in [2.05, 4.69) is 57.8 Å². The number of aryl methyl sites for hydroxylation is 1. The summed E-state index contributed by atoms with van der Waals surface area (Å²) in [5, 5.41) is 6.63. The molecule has 5 heteroatoms. The topological polar surface area (TPSA) is 42.5 Å². The van der Waals surface area contributed by atoms with E-state index in [1.807, 2.05) is 19.2 Å². The fraction of sp³-hybridized carbons (Fsp3) is 0.400. The summed E-state index contributed by atoms with van der Waals surface area (Å²) in [6, 6.07) is 12.3. The Morgan fingerprint density at radius 2 is 1.96 bits per heavy atom. The van der Waals surface area contributed by atoms with Gasteiger partial charge in [-0.3, -0.25) is 0 Å². The minimum absolute atomic E-state index is 0.515. The maximum Gasteiger partial charge on any atom is 0.167 e. The lowest BCUT2D eigenvalue weighted by Gasteiger charge is -2.17. The molecule has 0 spiro atoms. The van der Waals surface area contributed by atoms with E-state index in [-0.39, 0.29) is 0 Å². The van der Waals surface area contributed by atoms with E-state index >= 15 is 0 Å². The first-order valence-electron chi connectivity index (χ1n) is 8.54. The quantitative estimate of drug-likeness (QED) is 0.584. The molecule has 0 saturated carbocycles. The van der Waals surface area contributed by atoms with Gasteiger partial charge < -0.3 is 20.1 Å². The molecule has 0 unspecified atom stereocenters. The SMILES string of the molecule is CNCCCNCc1c(Br)ccc(OC)c1OCc1cccc(C)c1. The largest absolute Gasteiger partial charge is 0.493 e. The molecule has 0 aliphatic carbocycles. The first-order chi connectivity index (χ1) is 12.2. The molecule has 136 valence electrons. The van der Waals surface area contributed by atoms with Crippen molar-refractivity contribution in [2.45, 2.75) is 26.5 Å². The Morgan fingerprint density at radius 3 is 2.68 bits per heavy atom. The minimum Gasteiger partial charge on any atom is -0.493 e. The molecule has 25 heavy (non-hydrogen) atoms. The Bertz CT molecular complexity index is 677. The van der Waals surface area contributed by atoms with Crippen LogP contribution in [0.5, 0.6) is 11.5 Å². The average Bonchev–Trinajstić information content (AvgIpc) is 2.61. The minimum atomic E-state index is 0.515. The monoisotopic (exact) mass is 406 g/mol. The van der Waals surface area contributed by atoms with Gasteiger partial charge in [0.05, 0.1) is 7.11 Å². The normalized spacial score (nSPS) is 10.7. The highest BCUT2D eigenvalue weighted by molar-refractivity contribution is 9.10. The zero-order chi connectivity index (χ0) is 18.1. The van der Waals surface area contributed by atoms with Gasteiger partial charge in [0.2, 0.25) is 0 Å². The molecule has 2 rings (SSSR count). The predicted molar refractivity (Wildman–Crippen MR) is 106 cm³/mol. The Hall–Kier alpha value is -1.56. The standard InChI is InChI=1S/C20H27BrN2O2/c1-15-6-4-7-16(12-15)14-25-20-17(13-23-11-5-10-22-2)18(21)8-9-19(20)24-3/h4,6-9,12,22-23H,5,10-11,13-14H2,1-3H3. The number of methoxy groups -OCH3 is 1. The number of benzene rings is 2. The Labute approximate surface area is 159 Å². The third-order valence-corrected chi connectivity index (χ3v) is 4.68. The second kappa shape index (κ2) is 10.4. The summed E-state index contributed by atoms with van der Waals surface area (Å²) >= 11 is 3.64. The second-order valence-corrected chi connectivity index (χ2v) is 6.82. The van der Waals surface area contributed by atoms with Crippen LogP contribution < -0.4 is 20.1 Å². The molecular weight excluding hydrogens is 380 g/mol. The fourth-order valence-electron chi connectivity index (χ4n) is 2.63. The van der Waals surface area contributed by atoms with Gasteiger partial charge >= 0.3 is 0 Å². The van der Waals surface area contributed by atoms with E-state index in [1.54, 1.807) is 7.11 Å². The molecule has 2 N–H and O–H groups in total. The van der Waals surface area contributed by atoms with Crippen LogP contribution in [0.3, 0.4) is 0 Å². The van der Waals surface area contributed by atoms with Gasteiger partial charge in [-0.2, -0.15) is 0 Å². The maximum atomic E-state index is 6.15. The van der Waals surface area contributed by atoms with Crippen molar-refractivity contribution in [1.82, 2.24) is 10.6 Å². The molecular formula is C20H27BrN2O2. The highest BCUT2D eigenvalue weighted by atomic mass is 79.9. The molecule has 0 bridgehead atoms. The first kappa shape index (κ1) is 19.8. The molecule has 0 saturated heterocycles. The van der Waals surface area contributed by atoms with Crippen LogP contribution in [0.15, 0.2) is 40.9 Å². The molecule has 0 amide bonds. The fourth-order valence-corrected chi connectivity index (χ4v) is 3.08. The summed E-state index contributed by atoms with van der Waals surface area (Å²) in [7, 11) is 3.64. The van der Waals surface area contributed by atoms with Crippen molar-refractivity contribution < 1.29 is 9.47 Å². The molecule has 0 aromatic heterocycles. The second-order valence-electron chi connectivity index (χ2n) is 5.97. The van der Waals surface area contributed by atoms with Crippen LogP contribution in [0.2, 0.25) is 0 Å². The summed E-state index contributed by atoms with van der Waals surface area (Å²) in [4.78, 5) is 0. The highest BCUT2D eigenvalue weighted by Crippen LogP contribution is 2.36. The van der Waals surface area contributed by atoms with Gasteiger partial charge in [-0.05, 0) is 51.2 Å². The van der Waals surface area contributed by atoms with Crippen LogP contribution in [0.4, 0.5) is 0 Å². The van der Waals surface area contributed by atoms with Gasteiger partial charge in [0.25, 0.3) is 0 Å². The Balaban J connectivity index is 2.11. The van der Waals surface area contributed by atoms with Gasteiger partial charge in [-0.25, -0.2) is 0 Å². The third kappa shape index (κ3) is 6.03. The zero-order valence-electron chi connectivity index (χ0n) is 15.2. The lowest BCUT2D eigenvalue weighted by molar-refractivity contribution is 0.280. The van der Waals surface area contributed by atoms with Crippen molar-refractivity contribution in [3.63, 3.8) is 0 Å². The predicted octanol–water partition coefficient (Wildman–Crippen LogP) is 4.04. The van der Waals surface area contributed by atoms with E-state index in [0.717, 1.165) is 53.2 Å². The van der Waals surface area contributed by atoms with Crippen molar-refractivity contribution in [1.29, 1.82) is 0 Å². The summed E-state index contributed by atoms with van der Waals surface area (Å²) < 4.78 is 12.7. The van der Waals surface area contributed by atoms with E-state index < -0.39 is 0 Å². The Morgan fingerprint density at radius 1 is 1.12 bits per heavy atom. The molecule has 0 fully saturated rings. The van der Waals surface area contributed by atoms with Crippen LogP contribution in [-0.4, -0.2) is 27.2 Å². The van der Waals surface area contributed by atoms with Crippen molar-refractivity contribution in [2.75, 3.05) is 27.2 Å². The summed E-state index contributed by atoms with van der Waals surface area (Å²) in [6.07, 6.45) is 1.08. The molecule has 0 radical (unpaired) electrons. The number of halogens is 1. The number of hydrogen-bond donors (Lipinski definition) is 2. The molecule has 0 heterocycles. The first-order valence-corrected chi connectivity index (χ1v) is 9.34. The Kier molecular flexibility index (Phi) is 8.25. The van der Waals surface area contributed by atoms with Gasteiger partial charge in [-0.1, -0.05) is 45.8 Å². The molecule has 0 atom stereocenters. The van der Waals surface area contributed by atoms with Crippen molar-refractivity contribution >= 4 is 15.9 Å². The maximum absolute atomic E-state index is 6.15. The van der Waals surface area contributed by atoms with Gasteiger partial charge in [0.1, 0.15) is 6.61 Å². The summed E-state index contributed by atoms with van der Waals surface area (Å²) in [5.41, 5.74) is 3.46. The molecule has 0 aliphatic rings. The number of ether oxygens (including phenoxy) is 2. The lowest BCUT2D eigenvalue weighted by Crippen LogP contribution is -2.20. The van der Waals surface area contributed by atoms with Crippen LogP contribution in [-0.2, 0) is 13.2 Å². The van der Waals surface area contributed by atoms with Crippen LogP contribution >= 0.6 is 15.9 Å². The number of rotatable bonds is 10. The van der Waals surface area contributed by atoms with E-state index in [0.29, 0.717) is 6.61 Å². The highest BCUT2D eigenvalue weighted by Gasteiger charge is 2.14. The smallest absolute Gasteiger partial charge is 0.167 e. The van der Waals surface area contributed by atoms with Gasteiger partial charge in [0.15, 0.2) is 11.5 Å². The molecule has 2 aromatic carbocycles. The van der Waals surface area contributed by atoms with Crippen LogP contribution in [0.25, 0.3) is 0 Å². The number of nitrogens with one attached hydrogen (secondary N) is 2. The van der Waals surface area contributed by atoms with Crippen molar-refractivity contribution in [3.8, 4) is 11.5 Å². The average molecular weight is 407 g/mol.